The SMILES string of the molecule is CC(C)(C)[C@@H](/C=C/c1ccc(Cl)cc1Cl)N=C1NC(=S)N(c2ccc(Cl)cc2)C12CCCC2. The minimum Gasteiger partial charge on any atom is -0.319 e. The lowest BCUT2D eigenvalue weighted by Gasteiger charge is -2.35. The fourth-order valence-corrected chi connectivity index (χ4v) is 5.57. The number of anilines is 1. The quantitative estimate of drug-likeness (QED) is 0.412. The Labute approximate surface area is 216 Å². The molecule has 33 heavy (non-hydrogen) atoms. The molecule has 2 aromatic carbocycles. The molecular weight excluding hydrogens is 493 g/mol. The van der Waals surface area contributed by atoms with Crippen LogP contribution in [-0.2, 0) is 0 Å². The Morgan fingerprint density at radius 2 is 1.67 bits per heavy atom. The molecular formula is C26H28Cl3N3S. The minimum absolute atomic E-state index is 0.0720. The van der Waals surface area contributed by atoms with Crippen LogP contribution in [0, 0.1) is 5.41 Å². The molecule has 1 spiro atoms. The Hall–Kier alpha value is -1.59. The van der Waals surface area contributed by atoms with Gasteiger partial charge in [-0.15, -0.1) is 0 Å². The first-order chi connectivity index (χ1) is 15.6. The molecule has 4 rings (SSSR count). The van der Waals surface area contributed by atoms with E-state index in [-0.39, 0.29) is 17.0 Å². The molecule has 1 heterocycles. The molecule has 2 fully saturated rings. The Kier molecular flexibility index (Phi) is 7.12. The van der Waals surface area contributed by atoms with Gasteiger partial charge in [0, 0.05) is 20.8 Å². The molecule has 1 saturated heterocycles. The molecule has 0 radical (unpaired) electrons. The molecule has 2 aliphatic rings. The summed E-state index contributed by atoms with van der Waals surface area (Å²) in [7, 11) is 0. The monoisotopic (exact) mass is 519 g/mol. The third-order valence-electron chi connectivity index (χ3n) is 6.39. The van der Waals surface area contributed by atoms with Gasteiger partial charge in [0.05, 0.1) is 6.04 Å². The molecule has 3 nitrogen and oxygen atoms in total. The number of amidine groups is 1. The first-order valence-corrected chi connectivity index (χ1v) is 12.7. The summed E-state index contributed by atoms with van der Waals surface area (Å²) in [5, 5.41) is 6.12. The van der Waals surface area contributed by atoms with Gasteiger partial charge in [-0.25, -0.2) is 0 Å². The van der Waals surface area contributed by atoms with Crippen LogP contribution in [0.5, 0.6) is 0 Å². The molecule has 1 saturated carbocycles. The van der Waals surface area contributed by atoms with Gasteiger partial charge in [-0.3, -0.25) is 4.99 Å². The van der Waals surface area contributed by atoms with E-state index in [2.05, 4.69) is 37.1 Å². The van der Waals surface area contributed by atoms with Crippen molar-refractivity contribution < 1.29 is 0 Å². The van der Waals surface area contributed by atoms with E-state index < -0.39 is 0 Å². The largest absolute Gasteiger partial charge is 0.319 e. The smallest absolute Gasteiger partial charge is 0.179 e. The van der Waals surface area contributed by atoms with Gasteiger partial charge >= 0.3 is 0 Å². The number of nitrogens with zero attached hydrogens (tertiary/aromatic N) is 2. The van der Waals surface area contributed by atoms with E-state index in [4.69, 9.17) is 52.0 Å². The third-order valence-corrected chi connectivity index (χ3v) is 7.49. The summed E-state index contributed by atoms with van der Waals surface area (Å²) in [6, 6.07) is 13.3. The fraction of sp³-hybridized carbons (Fsp3) is 0.385. The van der Waals surface area contributed by atoms with E-state index in [9.17, 15) is 0 Å². The molecule has 1 N–H and O–H groups in total. The Bertz CT molecular complexity index is 1100. The zero-order valence-corrected chi connectivity index (χ0v) is 22.1. The van der Waals surface area contributed by atoms with Crippen LogP contribution in [0.25, 0.3) is 6.08 Å². The Morgan fingerprint density at radius 3 is 2.27 bits per heavy atom. The number of halogens is 3. The summed E-state index contributed by atoms with van der Waals surface area (Å²) in [4.78, 5) is 7.52. The minimum atomic E-state index is -0.250. The number of hydrogen-bond donors (Lipinski definition) is 1. The molecule has 1 atom stereocenters. The molecule has 0 unspecified atom stereocenters. The maximum atomic E-state index is 6.40. The van der Waals surface area contributed by atoms with Gasteiger partial charge in [-0.1, -0.05) is 86.6 Å². The summed E-state index contributed by atoms with van der Waals surface area (Å²) in [6.45, 7) is 6.59. The number of hydrogen-bond acceptors (Lipinski definition) is 2. The maximum Gasteiger partial charge on any atom is 0.179 e. The Morgan fingerprint density at radius 1 is 1.03 bits per heavy atom. The summed E-state index contributed by atoms with van der Waals surface area (Å²) in [5.74, 6) is 0.951. The van der Waals surface area contributed by atoms with Gasteiger partial charge in [0.25, 0.3) is 0 Å². The number of thiocarbonyl (C=S) groups is 1. The Balaban J connectivity index is 1.73. The molecule has 1 aliphatic heterocycles. The summed E-state index contributed by atoms with van der Waals surface area (Å²) in [5.41, 5.74) is 1.61. The molecule has 0 aromatic heterocycles. The second-order valence-corrected chi connectivity index (χ2v) is 11.5. The molecule has 0 amide bonds. The number of aliphatic imine (C=N–C) groups is 1. The van der Waals surface area contributed by atoms with Crippen molar-refractivity contribution in [2.45, 2.75) is 58.0 Å². The van der Waals surface area contributed by atoms with Gasteiger partial charge in [-0.05, 0) is 72.4 Å². The van der Waals surface area contributed by atoms with Gasteiger partial charge in [-0.2, -0.15) is 0 Å². The number of rotatable bonds is 4. The second kappa shape index (κ2) is 9.58. The second-order valence-electron chi connectivity index (χ2n) is 9.79. The highest BCUT2D eigenvalue weighted by Crippen LogP contribution is 2.43. The highest BCUT2D eigenvalue weighted by molar-refractivity contribution is 7.80. The number of nitrogens with one attached hydrogen (secondary N) is 1. The highest BCUT2D eigenvalue weighted by atomic mass is 35.5. The van der Waals surface area contributed by atoms with Crippen molar-refractivity contribution in [3.8, 4) is 0 Å². The zero-order valence-electron chi connectivity index (χ0n) is 19.0. The van der Waals surface area contributed by atoms with Crippen molar-refractivity contribution in [1.82, 2.24) is 5.32 Å². The lowest BCUT2D eigenvalue weighted by molar-refractivity contribution is 0.366. The summed E-state index contributed by atoms with van der Waals surface area (Å²) in [6.07, 6.45) is 8.45. The van der Waals surface area contributed by atoms with Crippen LogP contribution in [0.4, 0.5) is 5.69 Å². The normalized spacial score (nSPS) is 20.2. The molecule has 174 valence electrons. The van der Waals surface area contributed by atoms with Gasteiger partial charge in [0.15, 0.2) is 5.11 Å². The third kappa shape index (κ3) is 5.09. The average molecular weight is 521 g/mol. The fourth-order valence-electron chi connectivity index (χ4n) is 4.60. The van der Waals surface area contributed by atoms with E-state index in [1.54, 1.807) is 6.07 Å². The van der Waals surface area contributed by atoms with Gasteiger partial charge < -0.3 is 10.2 Å². The van der Waals surface area contributed by atoms with Gasteiger partial charge in [0.2, 0.25) is 0 Å². The van der Waals surface area contributed by atoms with Crippen molar-refractivity contribution in [1.29, 1.82) is 0 Å². The van der Waals surface area contributed by atoms with E-state index in [1.165, 1.54) is 0 Å². The van der Waals surface area contributed by atoms with E-state index in [0.29, 0.717) is 20.2 Å². The summed E-state index contributed by atoms with van der Waals surface area (Å²) < 4.78 is 0. The first kappa shape index (κ1) is 24.5. The molecule has 0 bridgehead atoms. The van der Waals surface area contributed by atoms with Crippen molar-refractivity contribution >= 4 is 69.7 Å². The van der Waals surface area contributed by atoms with Crippen molar-refractivity contribution in [2.75, 3.05) is 4.90 Å². The van der Waals surface area contributed by atoms with Crippen LogP contribution in [0.2, 0.25) is 15.1 Å². The van der Waals surface area contributed by atoms with Crippen LogP contribution in [0.1, 0.15) is 52.0 Å². The highest BCUT2D eigenvalue weighted by Gasteiger charge is 2.51. The van der Waals surface area contributed by atoms with Gasteiger partial charge in [0.1, 0.15) is 11.4 Å². The standard InChI is InChI=1S/C26H28Cl3N3S/c1-25(2,3)22(13-7-17-6-8-19(28)16-21(17)29)30-23-26(14-4-5-15-26)32(24(33)31-23)20-11-9-18(27)10-12-20/h6-13,16,22H,4-5,14-15H2,1-3H3,(H,30,31,33)/b13-7+/t22-/m1/s1. The number of benzene rings is 2. The van der Waals surface area contributed by atoms with Crippen LogP contribution in [-0.4, -0.2) is 22.5 Å². The molecule has 1 aliphatic carbocycles. The molecule has 2 aromatic rings. The van der Waals surface area contributed by atoms with Crippen molar-refractivity contribution in [3.05, 3.63) is 69.2 Å². The van der Waals surface area contributed by atoms with Crippen molar-refractivity contribution in [2.24, 2.45) is 10.4 Å². The predicted octanol–water partition coefficient (Wildman–Crippen LogP) is 8.18. The lowest BCUT2D eigenvalue weighted by atomic mass is 9.86. The van der Waals surface area contributed by atoms with Crippen LogP contribution < -0.4 is 10.2 Å². The van der Waals surface area contributed by atoms with Crippen molar-refractivity contribution in [3.63, 3.8) is 0 Å². The topological polar surface area (TPSA) is 27.6 Å². The predicted molar refractivity (Wildman–Crippen MR) is 147 cm³/mol. The lowest BCUT2D eigenvalue weighted by Crippen LogP contribution is -2.48. The average Bonchev–Trinajstić information content (AvgIpc) is 3.32. The van der Waals surface area contributed by atoms with E-state index >= 15 is 0 Å². The van der Waals surface area contributed by atoms with E-state index in [0.717, 1.165) is 42.8 Å². The molecule has 7 heteroatoms. The van der Waals surface area contributed by atoms with E-state index in [1.807, 2.05) is 42.5 Å². The van der Waals surface area contributed by atoms with Crippen LogP contribution in [0.15, 0.2) is 53.5 Å². The first-order valence-electron chi connectivity index (χ1n) is 11.2. The summed E-state index contributed by atoms with van der Waals surface area (Å²) >= 11 is 24.4. The van der Waals surface area contributed by atoms with Crippen LogP contribution in [0.3, 0.4) is 0 Å². The maximum absolute atomic E-state index is 6.40. The van der Waals surface area contributed by atoms with Crippen LogP contribution >= 0.6 is 47.0 Å². The zero-order chi connectivity index (χ0) is 23.8.